The Morgan fingerprint density at radius 3 is 2.64 bits per heavy atom. The zero-order chi connectivity index (χ0) is 19.7. The van der Waals surface area contributed by atoms with Gasteiger partial charge in [-0.3, -0.25) is 0 Å². The second-order valence-electron chi connectivity index (χ2n) is 7.11. The third-order valence-corrected chi connectivity index (χ3v) is 4.69. The van der Waals surface area contributed by atoms with Crippen LogP contribution >= 0.6 is 0 Å². The zero-order valence-corrected chi connectivity index (χ0v) is 16.4. The van der Waals surface area contributed by atoms with Gasteiger partial charge in [0.15, 0.2) is 6.61 Å². The van der Waals surface area contributed by atoms with Crippen LogP contribution in [0.25, 0.3) is 22.4 Å². The van der Waals surface area contributed by atoms with Gasteiger partial charge in [0.05, 0.1) is 11.0 Å². The van der Waals surface area contributed by atoms with Crippen LogP contribution in [0.1, 0.15) is 25.3 Å². The number of anilines is 1. The third-order valence-electron chi connectivity index (χ3n) is 4.69. The first kappa shape index (κ1) is 18.0. The Morgan fingerprint density at radius 2 is 1.89 bits per heavy atom. The standard InChI is InChI=1S/C21H23N5O2/c1-13(2)26(4)21-22-17-10-7-15(11-18(17)23-21)20-24-19(28-25-20)12-27-16-8-5-14(3)6-9-16/h5-11,13H,12H2,1-4H3,(H,22,23). The van der Waals surface area contributed by atoms with Crippen molar-refractivity contribution in [2.45, 2.75) is 33.4 Å². The normalized spacial score (nSPS) is 11.3. The number of nitrogens with zero attached hydrogens (tertiary/aromatic N) is 4. The third kappa shape index (κ3) is 3.69. The fourth-order valence-corrected chi connectivity index (χ4v) is 2.76. The van der Waals surface area contributed by atoms with E-state index in [1.54, 1.807) is 0 Å². The number of fused-ring (bicyclic) bond motifs is 1. The zero-order valence-electron chi connectivity index (χ0n) is 16.4. The molecule has 144 valence electrons. The predicted molar refractivity (Wildman–Crippen MR) is 108 cm³/mol. The number of H-pyrrole nitrogens is 1. The predicted octanol–water partition coefficient (Wildman–Crippen LogP) is 4.34. The van der Waals surface area contributed by atoms with Gasteiger partial charge in [-0.05, 0) is 51.1 Å². The fourth-order valence-electron chi connectivity index (χ4n) is 2.76. The topological polar surface area (TPSA) is 80.1 Å². The van der Waals surface area contributed by atoms with Crippen LogP contribution in [0.3, 0.4) is 0 Å². The molecule has 0 unspecified atom stereocenters. The average Bonchev–Trinajstić information content (AvgIpc) is 3.33. The van der Waals surface area contributed by atoms with E-state index in [4.69, 9.17) is 9.26 Å². The van der Waals surface area contributed by atoms with Gasteiger partial charge in [-0.2, -0.15) is 4.98 Å². The molecule has 28 heavy (non-hydrogen) atoms. The van der Waals surface area contributed by atoms with E-state index in [0.717, 1.165) is 28.3 Å². The van der Waals surface area contributed by atoms with Crippen molar-refractivity contribution < 1.29 is 9.26 Å². The highest BCUT2D eigenvalue weighted by Gasteiger charge is 2.13. The number of nitrogens with one attached hydrogen (secondary N) is 1. The summed E-state index contributed by atoms with van der Waals surface area (Å²) in [5, 5.41) is 4.08. The Balaban J connectivity index is 1.51. The molecular formula is C21H23N5O2. The van der Waals surface area contributed by atoms with Gasteiger partial charge in [0.2, 0.25) is 11.8 Å². The number of aromatic amines is 1. The molecule has 0 fully saturated rings. The Hall–Kier alpha value is -3.35. The second kappa shape index (κ2) is 7.34. The first-order valence-corrected chi connectivity index (χ1v) is 9.24. The lowest BCUT2D eigenvalue weighted by molar-refractivity contribution is 0.243. The van der Waals surface area contributed by atoms with Gasteiger partial charge in [-0.25, -0.2) is 4.98 Å². The van der Waals surface area contributed by atoms with Crippen LogP contribution < -0.4 is 9.64 Å². The van der Waals surface area contributed by atoms with Crippen molar-refractivity contribution in [2.24, 2.45) is 0 Å². The molecule has 0 radical (unpaired) electrons. The van der Waals surface area contributed by atoms with E-state index < -0.39 is 0 Å². The SMILES string of the molecule is Cc1ccc(OCc2nc(-c3ccc4nc(N(C)C(C)C)[nH]c4c3)no2)cc1. The molecule has 2 aromatic heterocycles. The molecule has 7 heteroatoms. The van der Waals surface area contributed by atoms with Crippen molar-refractivity contribution in [3.63, 3.8) is 0 Å². The molecule has 0 aliphatic rings. The number of benzene rings is 2. The summed E-state index contributed by atoms with van der Waals surface area (Å²) in [6, 6.07) is 14.1. The first-order chi connectivity index (χ1) is 13.5. The van der Waals surface area contributed by atoms with Crippen molar-refractivity contribution in [3.8, 4) is 17.1 Å². The van der Waals surface area contributed by atoms with Gasteiger partial charge in [-0.15, -0.1) is 0 Å². The minimum absolute atomic E-state index is 0.228. The largest absolute Gasteiger partial charge is 0.484 e. The van der Waals surface area contributed by atoms with Crippen molar-refractivity contribution in [2.75, 3.05) is 11.9 Å². The number of ether oxygens (including phenoxy) is 1. The molecule has 0 spiro atoms. The number of rotatable bonds is 6. The summed E-state index contributed by atoms with van der Waals surface area (Å²) >= 11 is 0. The van der Waals surface area contributed by atoms with Crippen molar-refractivity contribution >= 4 is 17.0 Å². The van der Waals surface area contributed by atoms with E-state index in [9.17, 15) is 0 Å². The highest BCUT2D eigenvalue weighted by molar-refractivity contribution is 5.82. The molecular weight excluding hydrogens is 354 g/mol. The number of imidazole rings is 1. The summed E-state index contributed by atoms with van der Waals surface area (Å²) < 4.78 is 11.0. The van der Waals surface area contributed by atoms with Gasteiger partial charge in [0, 0.05) is 18.7 Å². The highest BCUT2D eigenvalue weighted by Crippen LogP contribution is 2.24. The van der Waals surface area contributed by atoms with Crippen LogP contribution in [0, 0.1) is 6.92 Å². The van der Waals surface area contributed by atoms with Crippen LogP contribution in [0.5, 0.6) is 5.75 Å². The quantitative estimate of drug-likeness (QED) is 0.538. The first-order valence-electron chi connectivity index (χ1n) is 9.24. The molecule has 2 aromatic carbocycles. The molecule has 1 N–H and O–H groups in total. The molecule has 0 saturated carbocycles. The molecule has 7 nitrogen and oxygen atoms in total. The maximum Gasteiger partial charge on any atom is 0.264 e. The summed E-state index contributed by atoms with van der Waals surface area (Å²) in [7, 11) is 2.02. The number of hydrogen-bond donors (Lipinski definition) is 1. The summed E-state index contributed by atoms with van der Waals surface area (Å²) in [6.07, 6.45) is 0. The monoisotopic (exact) mass is 377 g/mol. The lowest BCUT2D eigenvalue weighted by Gasteiger charge is -2.19. The highest BCUT2D eigenvalue weighted by atomic mass is 16.5. The number of aryl methyl sites for hydroxylation is 1. The van der Waals surface area contributed by atoms with Gasteiger partial charge in [0.25, 0.3) is 5.89 Å². The molecule has 4 rings (SSSR count). The van der Waals surface area contributed by atoms with Crippen LogP contribution in [-0.4, -0.2) is 33.2 Å². The van der Waals surface area contributed by atoms with E-state index in [1.165, 1.54) is 5.56 Å². The summed E-state index contributed by atoms with van der Waals surface area (Å²) in [5.41, 5.74) is 3.88. The molecule has 0 atom stereocenters. The van der Waals surface area contributed by atoms with Crippen molar-refractivity contribution in [1.29, 1.82) is 0 Å². The van der Waals surface area contributed by atoms with Crippen molar-refractivity contribution in [1.82, 2.24) is 20.1 Å². The van der Waals surface area contributed by atoms with Crippen LogP contribution in [0.2, 0.25) is 0 Å². The van der Waals surface area contributed by atoms with Gasteiger partial charge in [-0.1, -0.05) is 22.9 Å². The molecule has 2 heterocycles. The maximum absolute atomic E-state index is 5.70. The van der Waals surface area contributed by atoms with E-state index in [2.05, 4.69) is 38.9 Å². The maximum atomic E-state index is 5.70. The Bertz CT molecular complexity index is 1080. The minimum atomic E-state index is 0.228. The Kier molecular flexibility index (Phi) is 4.73. The van der Waals surface area contributed by atoms with Crippen LogP contribution in [0.4, 0.5) is 5.95 Å². The fraction of sp³-hybridized carbons (Fsp3) is 0.286. The Morgan fingerprint density at radius 1 is 1.11 bits per heavy atom. The molecule has 0 aliphatic carbocycles. The molecule has 4 aromatic rings. The van der Waals surface area contributed by atoms with E-state index >= 15 is 0 Å². The molecule has 0 bridgehead atoms. The lowest BCUT2D eigenvalue weighted by Crippen LogP contribution is -2.26. The smallest absolute Gasteiger partial charge is 0.264 e. The van der Waals surface area contributed by atoms with E-state index in [-0.39, 0.29) is 6.61 Å². The summed E-state index contributed by atoms with van der Waals surface area (Å²) in [6.45, 7) is 6.51. The average molecular weight is 377 g/mol. The summed E-state index contributed by atoms with van der Waals surface area (Å²) in [4.78, 5) is 14.5. The van der Waals surface area contributed by atoms with Crippen LogP contribution in [-0.2, 0) is 6.61 Å². The second-order valence-corrected chi connectivity index (χ2v) is 7.11. The number of aromatic nitrogens is 4. The molecule has 0 aliphatic heterocycles. The molecule has 0 amide bonds. The van der Waals surface area contributed by atoms with Crippen LogP contribution in [0.15, 0.2) is 47.0 Å². The minimum Gasteiger partial charge on any atom is -0.484 e. The Labute approximate surface area is 163 Å². The lowest BCUT2D eigenvalue weighted by atomic mass is 10.2. The van der Waals surface area contributed by atoms with Crippen molar-refractivity contribution in [3.05, 3.63) is 53.9 Å². The van der Waals surface area contributed by atoms with E-state index in [0.29, 0.717) is 17.8 Å². The van der Waals surface area contributed by atoms with Gasteiger partial charge >= 0.3 is 0 Å². The summed E-state index contributed by atoms with van der Waals surface area (Å²) in [5.74, 6) is 2.56. The number of hydrogen-bond acceptors (Lipinski definition) is 6. The van der Waals surface area contributed by atoms with Gasteiger partial charge in [0.1, 0.15) is 5.75 Å². The van der Waals surface area contributed by atoms with Gasteiger partial charge < -0.3 is 19.1 Å². The van der Waals surface area contributed by atoms with E-state index in [1.807, 2.05) is 56.4 Å². The molecule has 0 saturated heterocycles.